The molecule has 0 saturated heterocycles. The molecule has 1 unspecified atom stereocenters. The molecule has 134 valence electrons. The molecule has 0 aliphatic heterocycles. The second-order valence-electron chi connectivity index (χ2n) is 5.38. The first-order valence-electron chi connectivity index (χ1n) is 7.94. The van der Waals surface area contributed by atoms with E-state index in [1.54, 1.807) is 0 Å². The van der Waals surface area contributed by atoms with E-state index in [4.69, 9.17) is 5.26 Å². The van der Waals surface area contributed by atoms with Crippen LogP contribution in [0.15, 0.2) is 54.6 Å². The Morgan fingerprint density at radius 2 is 1.77 bits per heavy atom. The molecule has 26 heavy (non-hydrogen) atoms. The highest BCUT2D eigenvalue weighted by Crippen LogP contribution is 2.18. The smallest absolute Gasteiger partial charge is 0.251 e. The molecule has 2 amide bonds. The predicted octanol–water partition coefficient (Wildman–Crippen LogP) is 2.50. The van der Waals surface area contributed by atoms with Crippen molar-refractivity contribution in [2.75, 3.05) is 13.1 Å². The molecule has 0 heterocycles. The monoisotopic (exact) mass is 371 g/mol. The van der Waals surface area contributed by atoms with Crippen molar-refractivity contribution < 1.29 is 14.0 Å². The Kier molecular flexibility index (Phi) is 7.65. The molecule has 0 radical (unpaired) electrons. The van der Waals surface area contributed by atoms with E-state index in [2.05, 4.69) is 10.6 Å². The summed E-state index contributed by atoms with van der Waals surface area (Å²) in [4.78, 5) is 24.4. The van der Waals surface area contributed by atoms with Crippen LogP contribution in [0, 0.1) is 17.1 Å². The lowest BCUT2D eigenvalue weighted by atomic mass is 10.2. The lowest BCUT2D eigenvalue weighted by Gasteiger charge is -2.16. The number of thioether (sulfide) groups is 1. The van der Waals surface area contributed by atoms with Gasteiger partial charge >= 0.3 is 0 Å². The Morgan fingerprint density at radius 3 is 2.42 bits per heavy atom. The number of amides is 2. The number of nitrogens with one attached hydrogen (secondary N) is 2. The molecule has 0 bridgehead atoms. The van der Waals surface area contributed by atoms with Gasteiger partial charge in [-0.3, -0.25) is 9.59 Å². The maximum Gasteiger partial charge on any atom is 0.251 e. The summed E-state index contributed by atoms with van der Waals surface area (Å²) in [5.74, 6) is -0.526. The van der Waals surface area contributed by atoms with Gasteiger partial charge in [-0.1, -0.05) is 30.3 Å². The Morgan fingerprint density at radius 1 is 1.08 bits per heavy atom. The van der Waals surface area contributed by atoms with Gasteiger partial charge in [0, 0.05) is 17.9 Å². The van der Waals surface area contributed by atoms with Gasteiger partial charge < -0.3 is 10.6 Å². The third-order valence-corrected chi connectivity index (χ3v) is 4.77. The van der Waals surface area contributed by atoms with Crippen molar-refractivity contribution in [1.29, 1.82) is 5.26 Å². The predicted molar refractivity (Wildman–Crippen MR) is 98.9 cm³/mol. The summed E-state index contributed by atoms with van der Waals surface area (Å²) < 4.78 is 12.9. The maximum atomic E-state index is 12.9. The van der Waals surface area contributed by atoms with E-state index >= 15 is 0 Å². The summed E-state index contributed by atoms with van der Waals surface area (Å²) >= 11 is 1.38. The van der Waals surface area contributed by atoms with Crippen LogP contribution in [0.5, 0.6) is 0 Å². The summed E-state index contributed by atoms with van der Waals surface area (Å²) in [6.07, 6.45) is 0. The lowest BCUT2D eigenvalue weighted by Crippen LogP contribution is -2.41. The summed E-state index contributed by atoms with van der Waals surface area (Å²) in [6.45, 7) is 0.0120. The van der Waals surface area contributed by atoms with E-state index < -0.39 is 11.1 Å². The van der Waals surface area contributed by atoms with Crippen LogP contribution in [0.2, 0.25) is 0 Å². The van der Waals surface area contributed by atoms with Crippen LogP contribution in [0.3, 0.4) is 0 Å². The minimum Gasteiger partial charge on any atom is -0.350 e. The van der Waals surface area contributed by atoms with E-state index in [1.165, 1.54) is 36.0 Å². The standard InChI is InChI=1S/C19H18FN3O2S/c20-16-8-6-15(7-9-16)18(24)23-12-17(19(25)22-11-10-21)26-13-14-4-2-1-3-5-14/h1-9,17H,11-13H2,(H,22,25)(H,23,24). The van der Waals surface area contributed by atoms with Crippen LogP contribution >= 0.6 is 11.8 Å². The van der Waals surface area contributed by atoms with E-state index in [1.807, 2.05) is 36.4 Å². The molecule has 0 aromatic heterocycles. The fourth-order valence-corrected chi connectivity index (χ4v) is 3.15. The van der Waals surface area contributed by atoms with Crippen molar-refractivity contribution in [1.82, 2.24) is 10.6 Å². The summed E-state index contributed by atoms with van der Waals surface area (Å²) in [5.41, 5.74) is 1.37. The Labute approximate surface area is 155 Å². The van der Waals surface area contributed by atoms with E-state index in [-0.39, 0.29) is 24.9 Å². The number of rotatable bonds is 8. The van der Waals surface area contributed by atoms with Crippen LogP contribution in [-0.4, -0.2) is 30.2 Å². The molecule has 0 spiro atoms. The number of carbonyl (C=O) groups is 2. The third kappa shape index (κ3) is 6.22. The van der Waals surface area contributed by atoms with Crippen molar-refractivity contribution in [3.8, 4) is 6.07 Å². The van der Waals surface area contributed by atoms with Crippen LogP contribution in [0.1, 0.15) is 15.9 Å². The fraction of sp³-hybridized carbons (Fsp3) is 0.211. The number of carbonyl (C=O) groups excluding carboxylic acids is 2. The highest BCUT2D eigenvalue weighted by molar-refractivity contribution is 7.99. The molecular formula is C19H18FN3O2S. The first-order chi connectivity index (χ1) is 12.6. The highest BCUT2D eigenvalue weighted by Gasteiger charge is 2.20. The minimum atomic E-state index is -0.548. The van der Waals surface area contributed by atoms with Gasteiger partial charge in [0.2, 0.25) is 5.91 Å². The molecule has 0 saturated carbocycles. The average Bonchev–Trinajstić information content (AvgIpc) is 2.67. The molecule has 2 aromatic carbocycles. The summed E-state index contributed by atoms with van der Waals surface area (Å²) in [7, 11) is 0. The van der Waals surface area contributed by atoms with Crippen LogP contribution in [0.25, 0.3) is 0 Å². The molecule has 2 aromatic rings. The molecule has 0 aliphatic rings. The van der Waals surface area contributed by atoms with Gasteiger partial charge in [-0.05, 0) is 29.8 Å². The number of hydrogen-bond acceptors (Lipinski definition) is 4. The SMILES string of the molecule is N#CCNC(=O)C(CNC(=O)c1ccc(F)cc1)SCc1ccccc1. The van der Waals surface area contributed by atoms with E-state index in [0.717, 1.165) is 5.56 Å². The van der Waals surface area contributed by atoms with Crippen LogP contribution < -0.4 is 10.6 Å². The zero-order valence-electron chi connectivity index (χ0n) is 13.9. The number of nitriles is 1. The van der Waals surface area contributed by atoms with Crippen molar-refractivity contribution in [2.45, 2.75) is 11.0 Å². The van der Waals surface area contributed by atoms with E-state index in [0.29, 0.717) is 11.3 Å². The highest BCUT2D eigenvalue weighted by atomic mass is 32.2. The summed E-state index contributed by atoms with van der Waals surface area (Å²) in [5, 5.41) is 13.3. The molecule has 2 N–H and O–H groups in total. The van der Waals surface area contributed by atoms with Gasteiger partial charge in [0.25, 0.3) is 5.91 Å². The largest absolute Gasteiger partial charge is 0.350 e. The first kappa shape index (κ1) is 19.5. The Balaban J connectivity index is 1.96. The molecule has 0 aliphatic carbocycles. The zero-order valence-corrected chi connectivity index (χ0v) is 14.8. The normalized spacial score (nSPS) is 11.2. The average molecular weight is 371 g/mol. The topological polar surface area (TPSA) is 82.0 Å². The van der Waals surface area contributed by atoms with Gasteiger partial charge in [-0.2, -0.15) is 5.26 Å². The quantitative estimate of drug-likeness (QED) is 0.699. The molecule has 7 heteroatoms. The second kappa shape index (κ2) is 10.2. The zero-order chi connectivity index (χ0) is 18.8. The minimum absolute atomic E-state index is 0.0901. The second-order valence-corrected chi connectivity index (χ2v) is 6.57. The van der Waals surface area contributed by atoms with Gasteiger partial charge in [-0.25, -0.2) is 4.39 Å². The van der Waals surface area contributed by atoms with E-state index in [9.17, 15) is 14.0 Å². The van der Waals surface area contributed by atoms with Gasteiger partial charge in [-0.15, -0.1) is 11.8 Å². The molecule has 5 nitrogen and oxygen atoms in total. The molecule has 1 atom stereocenters. The number of nitrogens with zero attached hydrogens (tertiary/aromatic N) is 1. The third-order valence-electron chi connectivity index (χ3n) is 3.48. The van der Waals surface area contributed by atoms with Gasteiger partial charge in [0.1, 0.15) is 17.6 Å². The van der Waals surface area contributed by atoms with Gasteiger partial charge in [0.05, 0.1) is 6.07 Å². The summed E-state index contributed by atoms with van der Waals surface area (Å²) in [6, 6.07) is 16.7. The first-order valence-corrected chi connectivity index (χ1v) is 8.99. The van der Waals surface area contributed by atoms with Crippen LogP contribution in [-0.2, 0) is 10.5 Å². The van der Waals surface area contributed by atoms with Crippen molar-refractivity contribution >= 4 is 23.6 Å². The lowest BCUT2D eigenvalue weighted by molar-refractivity contribution is -0.120. The van der Waals surface area contributed by atoms with Crippen molar-refractivity contribution in [3.63, 3.8) is 0 Å². The van der Waals surface area contributed by atoms with Gasteiger partial charge in [0.15, 0.2) is 0 Å². The number of halogens is 1. The van der Waals surface area contributed by atoms with Crippen molar-refractivity contribution in [2.24, 2.45) is 0 Å². The fourth-order valence-electron chi connectivity index (χ4n) is 2.13. The van der Waals surface area contributed by atoms with Crippen molar-refractivity contribution in [3.05, 3.63) is 71.5 Å². The maximum absolute atomic E-state index is 12.9. The molecular weight excluding hydrogens is 353 g/mol. The molecule has 0 fully saturated rings. The molecule has 2 rings (SSSR count). The van der Waals surface area contributed by atoms with Crippen LogP contribution in [0.4, 0.5) is 4.39 Å². The number of hydrogen-bond donors (Lipinski definition) is 2. The number of benzene rings is 2. The Bertz CT molecular complexity index is 776. The Hall–Kier alpha value is -2.85.